The number of carbonyl (C=O) groups is 1. The smallest absolute Gasteiger partial charge is 0.272 e. The molecule has 1 N–H and O–H groups in total. The van der Waals surface area contributed by atoms with E-state index in [9.17, 15) is 4.79 Å². The van der Waals surface area contributed by atoms with E-state index in [1.807, 2.05) is 37.3 Å². The average molecular weight is 304 g/mol. The highest BCUT2D eigenvalue weighted by Gasteiger charge is 2.14. The van der Waals surface area contributed by atoms with E-state index in [0.29, 0.717) is 17.3 Å². The summed E-state index contributed by atoms with van der Waals surface area (Å²) in [6.07, 6.45) is 1.67. The second kappa shape index (κ2) is 7.09. The first-order valence-corrected chi connectivity index (χ1v) is 7.18. The number of nitrogens with one attached hydrogen (secondary N) is 1. The second-order valence-electron chi connectivity index (χ2n) is 4.72. The summed E-state index contributed by atoms with van der Waals surface area (Å²) in [5.41, 5.74) is 2.24. The summed E-state index contributed by atoms with van der Waals surface area (Å²) in [6.45, 7) is 3.28. The maximum atomic E-state index is 12.3. The van der Waals surface area contributed by atoms with Crippen molar-refractivity contribution in [2.75, 3.05) is 18.9 Å². The molecule has 0 radical (unpaired) electrons. The van der Waals surface area contributed by atoms with Gasteiger partial charge in [-0.15, -0.1) is 0 Å². The predicted molar refractivity (Wildman–Crippen MR) is 85.7 cm³/mol. The van der Waals surface area contributed by atoms with Crippen molar-refractivity contribution in [1.82, 2.24) is 9.88 Å². The highest BCUT2D eigenvalue weighted by Crippen LogP contribution is 2.17. The molecule has 1 amide bonds. The Hall–Kier alpha value is -2.07. The monoisotopic (exact) mass is 303 g/mol. The maximum absolute atomic E-state index is 12.3. The van der Waals surface area contributed by atoms with Crippen molar-refractivity contribution in [3.05, 3.63) is 58.9 Å². The van der Waals surface area contributed by atoms with Crippen molar-refractivity contribution in [2.45, 2.75) is 13.5 Å². The first-order valence-electron chi connectivity index (χ1n) is 6.80. The zero-order chi connectivity index (χ0) is 15.2. The summed E-state index contributed by atoms with van der Waals surface area (Å²) in [5, 5.41) is 3.81. The number of hydrogen-bond donors (Lipinski definition) is 1. The maximum Gasteiger partial charge on any atom is 0.272 e. The van der Waals surface area contributed by atoms with Gasteiger partial charge in [-0.1, -0.05) is 29.8 Å². The van der Waals surface area contributed by atoms with Gasteiger partial charge in [-0.3, -0.25) is 4.79 Å². The van der Waals surface area contributed by atoms with Crippen molar-refractivity contribution < 1.29 is 4.79 Å². The average Bonchev–Trinajstić information content (AvgIpc) is 2.50. The number of nitrogens with zero attached hydrogens (tertiary/aromatic N) is 2. The number of aromatic nitrogens is 1. The van der Waals surface area contributed by atoms with E-state index < -0.39 is 0 Å². The van der Waals surface area contributed by atoms with Crippen LogP contribution in [0.5, 0.6) is 0 Å². The Balaban J connectivity index is 2.07. The van der Waals surface area contributed by atoms with Crippen molar-refractivity contribution in [3.63, 3.8) is 0 Å². The number of benzene rings is 1. The third-order valence-electron chi connectivity index (χ3n) is 3.08. The fourth-order valence-electron chi connectivity index (χ4n) is 1.98. The van der Waals surface area contributed by atoms with Gasteiger partial charge in [0.15, 0.2) is 0 Å². The minimum absolute atomic E-state index is 0.127. The topological polar surface area (TPSA) is 45.2 Å². The van der Waals surface area contributed by atoms with Gasteiger partial charge in [-0.25, -0.2) is 4.98 Å². The van der Waals surface area contributed by atoms with Crippen LogP contribution >= 0.6 is 11.6 Å². The first-order chi connectivity index (χ1) is 10.1. The van der Waals surface area contributed by atoms with E-state index in [-0.39, 0.29) is 5.91 Å². The van der Waals surface area contributed by atoms with Crippen LogP contribution in [-0.4, -0.2) is 29.4 Å². The number of carbonyl (C=O) groups excluding carboxylic acids is 1. The Morgan fingerprint density at radius 2 is 2.05 bits per heavy atom. The van der Waals surface area contributed by atoms with Gasteiger partial charge in [0.1, 0.15) is 5.69 Å². The molecular formula is C16H18ClN3O. The molecule has 2 aromatic rings. The quantitative estimate of drug-likeness (QED) is 0.920. The van der Waals surface area contributed by atoms with Crippen LogP contribution in [0.3, 0.4) is 0 Å². The molecule has 0 bridgehead atoms. The zero-order valence-corrected chi connectivity index (χ0v) is 12.9. The van der Waals surface area contributed by atoms with Gasteiger partial charge >= 0.3 is 0 Å². The van der Waals surface area contributed by atoms with Crippen molar-refractivity contribution in [2.24, 2.45) is 0 Å². The SMILES string of the molecule is CCNc1ccc(C(=O)N(C)Cc2ccccc2Cl)nc1. The molecule has 0 aliphatic rings. The molecule has 5 heteroatoms. The third kappa shape index (κ3) is 3.95. The van der Waals surface area contributed by atoms with E-state index in [2.05, 4.69) is 10.3 Å². The largest absolute Gasteiger partial charge is 0.384 e. The second-order valence-corrected chi connectivity index (χ2v) is 5.12. The van der Waals surface area contributed by atoms with Crippen LogP contribution in [0.15, 0.2) is 42.6 Å². The van der Waals surface area contributed by atoms with Crippen molar-refractivity contribution in [1.29, 1.82) is 0 Å². The summed E-state index contributed by atoms with van der Waals surface area (Å²) in [6, 6.07) is 11.1. The third-order valence-corrected chi connectivity index (χ3v) is 3.44. The van der Waals surface area contributed by atoms with E-state index in [1.165, 1.54) is 0 Å². The normalized spacial score (nSPS) is 10.2. The van der Waals surface area contributed by atoms with Crippen LogP contribution in [-0.2, 0) is 6.54 Å². The lowest BCUT2D eigenvalue weighted by Gasteiger charge is -2.17. The number of anilines is 1. The van der Waals surface area contributed by atoms with E-state index >= 15 is 0 Å². The highest BCUT2D eigenvalue weighted by molar-refractivity contribution is 6.31. The molecule has 2 rings (SSSR count). The Morgan fingerprint density at radius 3 is 2.67 bits per heavy atom. The molecule has 0 spiro atoms. The highest BCUT2D eigenvalue weighted by atomic mass is 35.5. The van der Waals surface area contributed by atoms with Crippen LogP contribution in [0.2, 0.25) is 5.02 Å². The van der Waals surface area contributed by atoms with Crippen LogP contribution < -0.4 is 5.32 Å². The molecule has 0 fully saturated rings. The molecular weight excluding hydrogens is 286 g/mol. The molecule has 110 valence electrons. The molecule has 0 unspecified atom stereocenters. The number of hydrogen-bond acceptors (Lipinski definition) is 3. The Kier molecular flexibility index (Phi) is 5.17. The lowest BCUT2D eigenvalue weighted by molar-refractivity contribution is 0.0779. The Labute approximate surface area is 129 Å². The van der Waals surface area contributed by atoms with Crippen LogP contribution in [0.4, 0.5) is 5.69 Å². The molecule has 0 aliphatic carbocycles. The van der Waals surface area contributed by atoms with Gasteiger partial charge in [0.05, 0.1) is 11.9 Å². The molecule has 0 saturated carbocycles. The Morgan fingerprint density at radius 1 is 1.29 bits per heavy atom. The number of halogens is 1. The minimum atomic E-state index is -0.127. The fourth-order valence-corrected chi connectivity index (χ4v) is 2.17. The van der Waals surface area contributed by atoms with Crippen LogP contribution in [0.1, 0.15) is 23.0 Å². The van der Waals surface area contributed by atoms with Crippen molar-refractivity contribution in [3.8, 4) is 0 Å². The zero-order valence-electron chi connectivity index (χ0n) is 12.1. The summed E-state index contributed by atoms with van der Waals surface area (Å²) < 4.78 is 0. The fraction of sp³-hybridized carbons (Fsp3) is 0.250. The van der Waals surface area contributed by atoms with Gasteiger partial charge in [0, 0.05) is 25.2 Å². The van der Waals surface area contributed by atoms with E-state index in [1.54, 1.807) is 24.2 Å². The minimum Gasteiger partial charge on any atom is -0.384 e. The van der Waals surface area contributed by atoms with E-state index in [4.69, 9.17) is 11.6 Å². The molecule has 1 aromatic carbocycles. The lowest BCUT2D eigenvalue weighted by atomic mass is 10.2. The van der Waals surface area contributed by atoms with Crippen molar-refractivity contribution >= 4 is 23.2 Å². The van der Waals surface area contributed by atoms with Gasteiger partial charge in [0.2, 0.25) is 0 Å². The van der Waals surface area contributed by atoms with Gasteiger partial charge in [0.25, 0.3) is 5.91 Å². The molecule has 0 saturated heterocycles. The van der Waals surface area contributed by atoms with Gasteiger partial charge in [-0.05, 0) is 30.7 Å². The van der Waals surface area contributed by atoms with Crippen LogP contribution in [0, 0.1) is 0 Å². The molecule has 1 aromatic heterocycles. The van der Waals surface area contributed by atoms with Gasteiger partial charge < -0.3 is 10.2 Å². The standard InChI is InChI=1S/C16H18ClN3O/c1-3-18-13-8-9-15(19-10-13)16(21)20(2)11-12-6-4-5-7-14(12)17/h4-10,18H,3,11H2,1-2H3. The van der Waals surface area contributed by atoms with E-state index in [0.717, 1.165) is 17.8 Å². The van der Waals surface area contributed by atoms with Gasteiger partial charge in [-0.2, -0.15) is 0 Å². The molecule has 0 aliphatic heterocycles. The number of amides is 1. The molecule has 21 heavy (non-hydrogen) atoms. The summed E-state index contributed by atoms with van der Waals surface area (Å²) in [5.74, 6) is -0.127. The summed E-state index contributed by atoms with van der Waals surface area (Å²) in [7, 11) is 1.74. The molecule has 1 heterocycles. The summed E-state index contributed by atoms with van der Waals surface area (Å²) >= 11 is 6.11. The predicted octanol–water partition coefficient (Wildman–Crippen LogP) is 3.44. The first kappa shape index (κ1) is 15.3. The Bertz CT molecular complexity index is 613. The lowest BCUT2D eigenvalue weighted by Crippen LogP contribution is -2.27. The molecule has 0 atom stereocenters. The summed E-state index contributed by atoms with van der Waals surface area (Å²) in [4.78, 5) is 18.1. The molecule has 4 nitrogen and oxygen atoms in total. The number of rotatable bonds is 5. The number of pyridine rings is 1. The van der Waals surface area contributed by atoms with Crippen LogP contribution in [0.25, 0.3) is 0 Å².